The van der Waals surface area contributed by atoms with Crippen LogP contribution in [-0.2, 0) is 19.1 Å². The standard InChI is InChI=1S/C33H48N4O6/c1-8-9-10-11-12-19-37(31(40)27(21-28(34)38)36-32(41)43-33(4,5)6)29(24-14-13-22(2)23(3)20-24)30(39)35-25-15-17-26(42-7)18-16-25/h13-18,20,27,29H,8-12,19,21H2,1-7H3,(H2,34,38)(H,35,39)(H,36,41). The van der Waals surface area contributed by atoms with Crippen molar-refractivity contribution in [3.05, 3.63) is 59.2 Å². The number of nitrogens with two attached hydrogens (primary N) is 1. The molecule has 236 valence electrons. The highest BCUT2D eigenvalue weighted by molar-refractivity contribution is 5.99. The molecule has 0 saturated heterocycles. The second-order valence-electron chi connectivity index (χ2n) is 11.8. The van der Waals surface area contributed by atoms with E-state index in [2.05, 4.69) is 17.6 Å². The Labute approximate surface area is 255 Å². The molecule has 10 nitrogen and oxygen atoms in total. The molecule has 2 rings (SSSR count). The van der Waals surface area contributed by atoms with Crippen LogP contribution in [0.1, 0.15) is 89.0 Å². The summed E-state index contributed by atoms with van der Waals surface area (Å²) >= 11 is 0. The number of rotatable bonds is 15. The molecule has 2 atom stereocenters. The normalized spacial score (nSPS) is 12.5. The van der Waals surface area contributed by atoms with Gasteiger partial charge in [-0.05, 0) is 82.0 Å². The molecule has 0 spiro atoms. The summed E-state index contributed by atoms with van der Waals surface area (Å²) < 4.78 is 10.6. The number of aryl methyl sites for hydroxylation is 2. The third-order valence-corrected chi connectivity index (χ3v) is 6.94. The molecule has 4 amide bonds. The van der Waals surface area contributed by atoms with Crippen molar-refractivity contribution in [2.75, 3.05) is 19.0 Å². The number of amides is 4. The molecule has 0 heterocycles. The summed E-state index contributed by atoms with van der Waals surface area (Å²) in [4.78, 5) is 54.5. The number of methoxy groups -OCH3 is 1. The van der Waals surface area contributed by atoms with Crippen LogP contribution in [0, 0.1) is 13.8 Å². The fraction of sp³-hybridized carbons (Fsp3) is 0.515. The van der Waals surface area contributed by atoms with Crippen LogP contribution in [0.5, 0.6) is 5.75 Å². The van der Waals surface area contributed by atoms with E-state index in [1.807, 2.05) is 32.0 Å². The SMILES string of the molecule is CCCCCCCN(C(=O)C(CC(N)=O)NC(=O)OC(C)(C)C)C(C(=O)Nc1ccc(OC)cc1)c1ccc(C)c(C)c1. The first kappa shape index (κ1) is 35.1. The number of benzene rings is 2. The molecule has 0 aliphatic rings. The number of nitrogens with one attached hydrogen (secondary N) is 2. The number of carbonyl (C=O) groups excluding carboxylic acids is 4. The van der Waals surface area contributed by atoms with Gasteiger partial charge in [-0.2, -0.15) is 0 Å². The average Bonchev–Trinajstić information content (AvgIpc) is 2.92. The lowest BCUT2D eigenvalue weighted by atomic mass is 9.97. The maximum atomic E-state index is 14.3. The summed E-state index contributed by atoms with van der Waals surface area (Å²) in [5.41, 5.74) is 7.79. The van der Waals surface area contributed by atoms with Gasteiger partial charge in [0.25, 0.3) is 5.91 Å². The number of nitrogens with zero attached hydrogens (tertiary/aromatic N) is 1. The third-order valence-electron chi connectivity index (χ3n) is 6.94. The zero-order chi connectivity index (χ0) is 32.2. The highest BCUT2D eigenvalue weighted by atomic mass is 16.6. The summed E-state index contributed by atoms with van der Waals surface area (Å²) in [5.74, 6) is -1.18. The Bertz CT molecular complexity index is 1240. The maximum Gasteiger partial charge on any atom is 0.408 e. The molecule has 4 N–H and O–H groups in total. The van der Waals surface area contributed by atoms with Crippen LogP contribution in [-0.4, -0.2) is 54.0 Å². The molecule has 2 aromatic carbocycles. The Hall–Kier alpha value is -4.08. The number of ether oxygens (including phenoxy) is 2. The maximum absolute atomic E-state index is 14.3. The lowest BCUT2D eigenvalue weighted by Gasteiger charge is -2.34. The summed E-state index contributed by atoms with van der Waals surface area (Å²) in [6.07, 6.45) is 3.24. The molecular weight excluding hydrogens is 548 g/mol. The molecule has 10 heteroatoms. The topological polar surface area (TPSA) is 140 Å². The largest absolute Gasteiger partial charge is 0.497 e. The Morgan fingerprint density at radius 1 is 0.930 bits per heavy atom. The second-order valence-corrected chi connectivity index (χ2v) is 11.8. The predicted molar refractivity (Wildman–Crippen MR) is 168 cm³/mol. The Morgan fingerprint density at radius 2 is 1.58 bits per heavy atom. The van der Waals surface area contributed by atoms with Gasteiger partial charge in [0.1, 0.15) is 23.4 Å². The molecule has 2 unspecified atom stereocenters. The first-order valence-electron chi connectivity index (χ1n) is 14.9. The van der Waals surface area contributed by atoms with Crippen LogP contribution in [0.3, 0.4) is 0 Å². The van der Waals surface area contributed by atoms with Crippen LogP contribution in [0.25, 0.3) is 0 Å². The molecule has 0 saturated carbocycles. The number of alkyl carbamates (subject to hydrolysis) is 1. The lowest BCUT2D eigenvalue weighted by molar-refractivity contribution is -0.142. The van der Waals surface area contributed by atoms with E-state index in [0.29, 0.717) is 23.4 Å². The van der Waals surface area contributed by atoms with Crippen LogP contribution in [0.15, 0.2) is 42.5 Å². The number of hydrogen-bond donors (Lipinski definition) is 3. The minimum atomic E-state index is -1.33. The summed E-state index contributed by atoms with van der Waals surface area (Å²) in [6.45, 7) is 11.3. The van der Waals surface area contributed by atoms with Crippen molar-refractivity contribution in [3.63, 3.8) is 0 Å². The van der Waals surface area contributed by atoms with Gasteiger partial charge in [-0.1, -0.05) is 50.8 Å². The van der Waals surface area contributed by atoms with Gasteiger partial charge in [-0.25, -0.2) is 4.79 Å². The minimum Gasteiger partial charge on any atom is -0.497 e. The smallest absolute Gasteiger partial charge is 0.408 e. The highest BCUT2D eigenvalue weighted by Gasteiger charge is 2.37. The van der Waals surface area contributed by atoms with Gasteiger partial charge in [-0.3, -0.25) is 14.4 Å². The second kappa shape index (κ2) is 16.5. The summed E-state index contributed by atoms with van der Waals surface area (Å²) in [7, 11) is 1.56. The van der Waals surface area contributed by atoms with Crippen molar-refractivity contribution >= 4 is 29.5 Å². The van der Waals surface area contributed by atoms with Crippen molar-refractivity contribution in [3.8, 4) is 5.75 Å². The minimum absolute atomic E-state index is 0.224. The van der Waals surface area contributed by atoms with Gasteiger partial charge >= 0.3 is 6.09 Å². The van der Waals surface area contributed by atoms with Gasteiger partial charge in [0.15, 0.2) is 0 Å². The van der Waals surface area contributed by atoms with Gasteiger partial charge in [0.05, 0.1) is 13.5 Å². The van der Waals surface area contributed by atoms with E-state index >= 15 is 0 Å². The van der Waals surface area contributed by atoms with Crippen LogP contribution < -0.4 is 21.1 Å². The van der Waals surface area contributed by atoms with E-state index in [4.69, 9.17) is 15.2 Å². The van der Waals surface area contributed by atoms with Gasteiger partial charge in [0.2, 0.25) is 11.8 Å². The number of carbonyl (C=O) groups is 4. The van der Waals surface area contributed by atoms with Crippen molar-refractivity contribution in [2.24, 2.45) is 5.73 Å². The highest BCUT2D eigenvalue weighted by Crippen LogP contribution is 2.28. The quantitative estimate of drug-likeness (QED) is 0.230. The van der Waals surface area contributed by atoms with Crippen LogP contribution in [0.2, 0.25) is 0 Å². The van der Waals surface area contributed by atoms with Crippen molar-refractivity contribution in [1.29, 1.82) is 0 Å². The van der Waals surface area contributed by atoms with Crippen molar-refractivity contribution in [2.45, 2.75) is 97.8 Å². The molecule has 0 aliphatic heterocycles. The number of anilines is 1. The van der Waals surface area contributed by atoms with Gasteiger partial charge < -0.3 is 30.7 Å². The zero-order valence-electron chi connectivity index (χ0n) is 26.6. The van der Waals surface area contributed by atoms with E-state index in [9.17, 15) is 19.2 Å². The lowest BCUT2D eigenvalue weighted by Crippen LogP contribution is -2.53. The van der Waals surface area contributed by atoms with Crippen LogP contribution >= 0.6 is 0 Å². The molecule has 0 aromatic heterocycles. The Kier molecular flexibility index (Phi) is 13.5. The molecular formula is C33H48N4O6. The number of hydrogen-bond acceptors (Lipinski definition) is 6. The molecule has 0 aliphatic carbocycles. The molecule has 0 bridgehead atoms. The monoisotopic (exact) mass is 596 g/mol. The predicted octanol–water partition coefficient (Wildman–Crippen LogP) is 5.56. The first-order valence-corrected chi connectivity index (χ1v) is 14.9. The number of unbranched alkanes of at least 4 members (excludes halogenated alkanes) is 4. The van der Waals surface area contributed by atoms with Gasteiger partial charge in [-0.15, -0.1) is 0 Å². The van der Waals surface area contributed by atoms with Crippen LogP contribution in [0.4, 0.5) is 10.5 Å². The average molecular weight is 597 g/mol. The Morgan fingerprint density at radius 3 is 2.14 bits per heavy atom. The third kappa shape index (κ3) is 11.6. The molecule has 0 radical (unpaired) electrons. The zero-order valence-corrected chi connectivity index (χ0v) is 26.6. The van der Waals surface area contributed by atoms with E-state index in [1.54, 1.807) is 52.1 Å². The van der Waals surface area contributed by atoms with Crippen molar-refractivity contribution in [1.82, 2.24) is 10.2 Å². The molecule has 43 heavy (non-hydrogen) atoms. The molecule has 2 aromatic rings. The van der Waals surface area contributed by atoms with E-state index < -0.39 is 47.9 Å². The fourth-order valence-electron chi connectivity index (χ4n) is 4.60. The van der Waals surface area contributed by atoms with Crippen molar-refractivity contribution < 1.29 is 28.7 Å². The molecule has 0 fully saturated rings. The fourth-order valence-corrected chi connectivity index (χ4v) is 4.60. The first-order chi connectivity index (χ1) is 20.2. The number of primary amides is 1. The van der Waals surface area contributed by atoms with E-state index in [1.165, 1.54) is 4.90 Å². The van der Waals surface area contributed by atoms with E-state index in [-0.39, 0.29) is 6.54 Å². The summed E-state index contributed by atoms with van der Waals surface area (Å²) in [6, 6.07) is 10.1. The van der Waals surface area contributed by atoms with E-state index in [0.717, 1.165) is 36.8 Å². The summed E-state index contributed by atoms with van der Waals surface area (Å²) in [5, 5.41) is 5.46. The van der Waals surface area contributed by atoms with Gasteiger partial charge in [0, 0.05) is 12.2 Å². The Balaban J connectivity index is 2.57.